The summed E-state index contributed by atoms with van der Waals surface area (Å²) in [6, 6.07) is 0.593. The summed E-state index contributed by atoms with van der Waals surface area (Å²) in [6.45, 7) is 7.26. The molecule has 0 aromatic carbocycles. The van der Waals surface area contributed by atoms with Gasteiger partial charge in [-0.25, -0.2) is 4.98 Å². The molecule has 0 saturated carbocycles. The van der Waals surface area contributed by atoms with Crippen molar-refractivity contribution in [1.29, 1.82) is 0 Å². The highest BCUT2D eigenvalue weighted by Gasteiger charge is 2.20. The van der Waals surface area contributed by atoms with Gasteiger partial charge in [-0.1, -0.05) is 25.6 Å². The number of nitrogens with zero attached hydrogens (tertiary/aromatic N) is 2. The average Bonchev–Trinajstić information content (AvgIpc) is 2.84. The van der Waals surface area contributed by atoms with Crippen molar-refractivity contribution in [3.05, 3.63) is 16.1 Å². The number of aliphatic imine (C=N–C) groups is 1. The molecule has 1 aliphatic rings. The van der Waals surface area contributed by atoms with E-state index < -0.39 is 0 Å². The molecule has 0 spiro atoms. The Hall–Kier alpha value is -0.550. The molecule has 0 bridgehead atoms. The monoisotopic (exact) mass is 269 g/mol. The first-order chi connectivity index (χ1) is 8.13. The van der Waals surface area contributed by atoms with Gasteiger partial charge in [0, 0.05) is 17.2 Å². The summed E-state index contributed by atoms with van der Waals surface area (Å²) in [5.41, 5.74) is 1.08. The second kappa shape index (κ2) is 5.87. The molecule has 2 rings (SSSR count). The lowest BCUT2D eigenvalue weighted by molar-refractivity contribution is 0.502. The molecule has 1 fully saturated rings. The van der Waals surface area contributed by atoms with E-state index >= 15 is 0 Å². The van der Waals surface area contributed by atoms with Crippen LogP contribution in [-0.4, -0.2) is 21.9 Å². The smallest absolute Gasteiger partial charge is 0.157 e. The fourth-order valence-electron chi connectivity index (χ4n) is 1.86. The fraction of sp³-hybridized carbons (Fsp3) is 0.667. The van der Waals surface area contributed by atoms with E-state index in [4.69, 9.17) is 0 Å². The van der Waals surface area contributed by atoms with E-state index in [1.165, 1.54) is 6.42 Å². The normalized spacial score (nSPS) is 22.4. The maximum atomic E-state index is 4.58. The van der Waals surface area contributed by atoms with E-state index in [9.17, 15) is 0 Å². The van der Waals surface area contributed by atoms with Gasteiger partial charge < -0.3 is 5.32 Å². The number of hydrogen-bond acceptors (Lipinski definition) is 4. The first-order valence-electron chi connectivity index (χ1n) is 5.98. The third-order valence-electron chi connectivity index (χ3n) is 2.56. The molecule has 1 unspecified atom stereocenters. The minimum absolute atomic E-state index is 0.593. The van der Waals surface area contributed by atoms with E-state index in [0.29, 0.717) is 12.6 Å². The van der Waals surface area contributed by atoms with Gasteiger partial charge in [-0.3, -0.25) is 4.99 Å². The highest BCUT2D eigenvalue weighted by atomic mass is 32.2. The Kier molecular flexibility index (Phi) is 4.45. The zero-order chi connectivity index (χ0) is 12.3. The fourth-order valence-corrected chi connectivity index (χ4v) is 3.45. The summed E-state index contributed by atoms with van der Waals surface area (Å²) >= 11 is 3.52. The van der Waals surface area contributed by atoms with Crippen molar-refractivity contribution in [3.63, 3.8) is 0 Å². The van der Waals surface area contributed by atoms with Crippen LogP contribution in [0.2, 0.25) is 0 Å². The van der Waals surface area contributed by atoms with E-state index in [0.717, 1.165) is 27.5 Å². The van der Waals surface area contributed by atoms with Gasteiger partial charge in [0.2, 0.25) is 0 Å². The highest BCUT2D eigenvalue weighted by molar-refractivity contribution is 8.14. The molecule has 94 valence electrons. The molecule has 1 aliphatic heterocycles. The molecule has 0 aliphatic carbocycles. The minimum Gasteiger partial charge on any atom is -0.361 e. The van der Waals surface area contributed by atoms with Crippen LogP contribution in [0.15, 0.2) is 10.4 Å². The summed E-state index contributed by atoms with van der Waals surface area (Å²) in [4.78, 5) is 8.99. The predicted octanol–water partition coefficient (Wildman–Crippen LogP) is 3.06. The van der Waals surface area contributed by atoms with Gasteiger partial charge >= 0.3 is 0 Å². The molecule has 1 atom stereocenters. The number of amidine groups is 1. The van der Waals surface area contributed by atoms with Crippen molar-refractivity contribution in [2.45, 2.75) is 39.8 Å². The summed E-state index contributed by atoms with van der Waals surface area (Å²) in [5, 5.41) is 7.78. The van der Waals surface area contributed by atoms with Crippen molar-refractivity contribution < 1.29 is 0 Å². The van der Waals surface area contributed by atoms with Crippen molar-refractivity contribution >= 4 is 28.3 Å². The number of rotatable bonds is 4. The standard InChI is InChI=1S/C12H19N3S2/c1-8(2)4-10-6-17-12(15-10)13-5-11-7-16-9(3)14-11/h7-8,10H,4-6H2,1-3H3,(H,13,15). The first kappa shape index (κ1) is 12.9. The summed E-state index contributed by atoms with van der Waals surface area (Å²) in [5.74, 6) is 1.89. The number of hydrogen-bond donors (Lipinski definition) is 1. The van der Waals surface area contributed by atoms with Crippen molar-refractivity contribution in [1.82, 2.24) is 10.3 Å². The molecule has 1 saturated heterocycles. The Morgan fingerprint density at radius 1 is 1.59 bits per heavy atom. The minimum atomic E-state index is 0.593. The molecule has 3 nitrogen and oxygen atoms in total. The second-order valence-corrected chi connectivity index (χ2v) is 6.83. The van der Waals surface area contributed by atoms with Gasteiger partial charge in [0.1, 0.15) is 0 Å². The molecular formula is C12H19N3S2. The van der Waals surface area contributed by atoms with Crippen molar-refractivity contribution in [2.24, 2.45) is 10.9 Å². The second-order valence-electron chi connectivity index (χ2n) is 4.76. The van der Waals surface area contributed by atoms with Crippen LogP contribution in [0.1, 0.15) is 31.0 Å². The summed E-state index contributed by atoms with van der Waals surface area (Å²) in [6.07, 6.45) is 1.22. The van der Waals surface area contributed by atoms with Crippen LogP contribution in [0.5, 0.6) is 0 Å². The maximum absolute atomic E-state index is 4.58. The van der Waals surface area contributed by atoms with Crippen LogP contribution in [0.25, 0.3) is 0 Å². The van der Waals surface area contributed by atoms with Crippen molar-refractivity contribution in [3.8, 4) is 0 Å². The Labute approximate surface area is 111 Å². The lowest BCUT2D eigenvalue weighted by atomic mass is 10.1. The Morgan fingerprint density at radius 2 is 2.41 bits per heavy atom. The van der Waals surface area contributed by atoms with E-state index in [1.54, 1.807) is 11.3 Å². The Balaban J connectivity index is 1.83. The van der Waals surface area contributed by atoms with Crippen LogP contribution in [0.4, 0.5) is 0 Å². The van der Waals surface area contributed by atoms with E-state index in [-0.39, 0.29) is 0 Å². The lowest BCUT2D eigenvalue weighted by Crippen LogP contribution is -2.28. The molecule has 17 heavy (non-hydrogen) atoms. The van der Waals surface area contributed by atoms with Crippen LogP contribution in [0.3, 0.4) is 0 Å². The number of thioether (sulfide) groups is 1. The average molecular weight is 269 g/mol. The van der Waals surface area contributed by atoms with Gasteiger partial charge in [0.25, 0.3) is 0 Å². The molecule has 0 amide bonds. The highest BCUT2D eigenvalue weighted by Crippen LogP contribution is 2.19. The number of aryl methyl sites for hydroxylation is 1. The zero-order valence-corrected chi connectivity index (χ0v) is 12.2. The van der Waals surface area contributed by atoms with E-state index in [2.05, 4.69) is 34.5 Å². The van der Waals surface area contributed by atoms with Gasteiger partial charge in [-0.2, -0.15) is 0 Å². The largest absolute Gasteiger partial charge is 0.361 e. The van der Waals surface area contributed by atoms with Crippen LogP contribution in [0, 0.1) is 12.8 Å². The zero-order valence-electron chi connectivity index (χ0n) is 10.6. The SMILES string of the molecule is Cc1nc(CN=C2NC(CC(C)C)CS2)cs1. The maximum Gasteiger partial charge on any atom is 0.157 e. The first-order valence-corrected chi connectivity index (χ1v) is 7.85. The molecule has 2 heterocycles. The van der Waals surface area contributed by atoms with Crippen LogP contribution < -0.4 is 5.32 Å². The Morgan fingerprint density at radius 3 is 3.06 bits per heavy atom. The third kappa shape index (κ3) is 4.00. The van der Waals surface area contributed by atoms with Gasteiger partial charge in [0.15, 0.2) is 5.17 Å². The van der Waals surface area contributed by atoms with Gasteiger partial charge in [-0.05, 0) is 19.3 Å². The Bertz CT molecular complexity index is 398. The number of nitrogens with one attached hydrogen (secondary N) is 1. The van der Waals surface area contributed by atoms with Gasteiger partial charge in [-0.15, -0.1) is 11.3 Å². The molecule has 1 N–H and O–H groups in total. The molecule has 1 aromatic rings. The predicted molar refractivity (Wildman–Crippen MR) is 76.8 cm³/mol. The van der Waals surface area contributed by atoms with Crippen LogP contribution >= 0.6 is 23.1 Å². The molecule has 0 radical (unpaired) electrons. The topological polar surface area (TPSA) is 37.3 Å². The number of thiazole rings is 1. The van der Waals surface area contributed by atoms with Crippen LogP contribution in [-0.2, 0) is 6.54 Å². The molecule has 5 heteroatoms. The van der Waals surface area contributed by atoms with E-state index in [1.807, 2.05) is 18.7 Å². The third-order valence-corrected chi connectivity index (χ3v) is 4.47. The molecule has 1 aromatic heterocycles. The quantitative estimate of drug-likeness (QED) is 0.913. The van der Waals surface area contributed by atoms with Gasteiger partial charge in [0.05, 0.1) is 17.2 Å². The summed E-state index contributed by atoms with van der Waals surface area (Å²) in [7, 11) is 0. The molecular weight excluding hydrogens is 250 g/mol. The lowest BCUT2D eigenvalue weighted by Gasteiger charge is -2.11. The number of aromatic nitrogens is 1. The van der Waals surface area contributed by atoms with Crippen molar-refractivity contribution in [2.75, 3.05) is 5.75 Å². The summed E-state index contributed by atoms with van der Waals surface area (Å²) < 4.78 is 0.